The number of nitrogens with one attached hydrogen (secondary N) is 1. The number of halogens is 1. The average Bonchev–Trinajstić information content (AvgIpc) is 3.31. The molecule has 1 aromatic heterocycles. The number of hydrogen-bond donors (Lipinski definition) is 2. The zero-order chi connectivity index (χ0) is 26.9. The predicted octanol–water partition coefficient (Wildman–Crippen LogP) is 3.92. The molecule has 0 saturated carbocycles. The second-order valence-corrected chi connectivity index (χ2v) is 18.5. The number of amides is 2. The molecule has 2 atom stereocenters. The number of hydrogen-bond acceptors (Lipinski definition) is 8. The van der Waals surface area contributed by atoms with E-state index in [0.717, 1.165) is 18.9 Å². The van der Waals surface area contributed by atoms with Crippen LogP contribution < -0.4 is 5.32 Å². The van der Waals surface area contributed by atoms with Crippen LogP contribution in [0.25, 0.3) is 0 Å². The van der Waals surface area contributed by atoms with Gasteiger partial charge >= 0.3 is 18.2 Å². The van der Waals surface area contributed by atoms with Crippen LogP contribution in [0.4, 0.5) is 9.59 Å². The van der Waals surface area contributed by atoms with E-state index in [1.54, 1.807) is 25.7 Å². The van der Waals surface area contributed by atoms with Gasteiger partial charge in [0.2, 0.25) is 5.89 Å². The van der Waals surface area contributed by atoms with Crippen LogP contribution >= 0.6 is 22.6 Å². The van der Waals surface area contributed by atoms with Crippen molar-refractivity contribution >= 4 is 48.8 Å². The van der Waals surface area contributed by atoms with Crippen LogP contribution in [0.1, 0.15) is 45.5 Å². The van der Waals surface area contributed by atoms with E-state index in [4.69, 9.17) is 13.9 Å². The minimum atomic E-state index is -1.37. The van der Waals surface area contributed by atoms with Gasteiger partial charge in [0, 0.05) is 27.7 Å². The number of carboxylic acids is 1. The number of likely N-dealkylation sites (tertiary alicyclic amines) is 2. The second kappa shape index (κ2) is 10.9. The molecule has 2 aliphatic heterocycles. The van der Waals surface area contributed by atoms with Crippen molar-refractivity contribution in [1.29, 1.82) is 0 Å². The topological polar surface area (TPSA) is 134 Å². The van der Waals surface area contributed by atoms with Crippen LogP contribution in [0.3, 0.4) is 0 Å². The Hall–Kier alpha value is -1.87. The van der Waals surface area contributed by atoms with Crippen LogP contribution in [0, 0.1) is 3.70 Å². The fourth-order valence-electron chi connectivity index (χ4n) is 4.60. The normalized spacial score (nSPS) is 19.5. The number of carbonyl (C=O) groups is 3. The molecule has 11 nitrogen and oxygen atoms in total. The predicted molar refractivity (Wildman–Crippen MR) is 142 cm³/mol. The highest BCUT2D eigenvalue weighted by Crippen LogP contribution is 2.43. The monoisotopic (exact) mass is 636 g/mol. The summed E-state index contributed by atoms with van der Waals surface area (Å²) in [6.07, 6.45) is 1.90. The molecule has 202 valence electrons. The summed E-state index contributed by atoms with van der Waals surface area (Å²) >= 11 is 1.98. The summed E-state index contributed by atoms with van der Waals surface area (Å²) in [4.78, 5) is 45.7. The molecule has 2 saturated heterocycles. The molecule has 2 fully saturated rings. The summed E-state index contributed by atoms with van der Waals surface area (Å²) in [5.74, 6) is -1.06. The lowest BCUT2D eigenvalue weighted by Crippen LogP contribution is -2.71. The number of aromatic nitrogens is 1. The van der Waals surface area contributed by atoms with Gasteiger partial charge in [-0.05, 0) is 62.2 Å². The summed E-state index contributed by atoms with van der Waals surface area (Å²) in [7, 11) is -1.33. The third-order valence-corrected chi connectivity index (χ3v) is 8.48. The van der Waals surface area contributed by atoms with Crippen molar-refractivity contribution in [3.05, 3.63) is 15.9 Å². The van der Waals surface area contributed by atoms with Crippen molar-refractivity contribution in [3.8, 4) is 0 Å². The van der Waals surface area contributed by atoms with E-state index in [0.29, 0.717) is 29.9 Å². The minimum absolute atomic E-state index is 0.181. The summed E-state index contributed by atoms with van der Waals surface area (Å²) < 4.78 is 17.1. The van der Waals surface area contributed by atoms with E-state index in [1.807, 2.05) is 27.5 Å². The third-order valence-electron chi connectivity index (χ3n) is 6.28. The van der Waals surface area contributed by atoms with E-state index in [-0.39, 0.29) is 12.0 Å². The van der Waals surface area contributed by atoms with Gasteiger partial charge in [-0.15, -0.1) is 0 Å². The van der Waals surface area contributed by atoms with Crippen LogP contribution in [-0.4, -0.2) is 89.5 Å². The molecule has 3 rings (SSSR count). The average molecular weight is 637 g/mol. The van der Waals surface area contributed by atoms with Gasteiger partial charge in [-0.2, -0.15) is 0 Å². The molecule has 2 N–H and O–H groups in total. The fourth-order valence-corrected chi connectivity index (χ4v) is 5.68. The molecule has 0 radical (unpaired) electrons. The van der Waals surface area contributed by atoms with Crippen LogP contribution in [0.5, 0.6) is 0 Å². The maximum Gasteiger partial charge on any atom is 0.410 e. The van der Waals surface area contributed by atoms with Gasteiger partial charge in [0.15, 0.2) is 6.04 Å². The number of nitrogens with zero attached hydrogens (tertiary/aromatic N) is 3. The van der Waals surface area contributed by atoms with Crippen molar-refractivity contribution < 1.29 is 33.4 Å². The molecule has 1 spiro atoms. The maximum atomic E-state index is 12.9. The Kier molecular flexibility index (Phi) is 8.65. The van der Waals surface area contributed by atoms with Crippen LogP contribution in [-0.2, 0) is 14.3 Å². The Morgan fingerprint density at radius 3 is 2.50 bits per heavy atom. The first-order valence-electron chi connectivity index (χ1n) is 12.1. The maximum absolute atomic E-state index is 12.9. The van der Waals surface area contributed by atoms with Crippen molar-refractivity contribution in [2.24, 2.45) is 0 Å². The number of carbonyl (C=O) groups excluding carboxylic acids is 2. The van der Waals surface area contributed by atoms with E-state index >= 15 is 0 Å². The van der Waals surface area contributed by atoms with Crippen LogP contribution in [0.15, 0.2) is 10.7 Å². The molecule has 0 bridgehead atoms. The lowest BCUT2D eigenvalue weighted by molar-refractivity contribution is -0.145. The number of oxazole rings is 1. The summed E-state index contributed by atoms with van der Waals surface area (Å²) in [5, 5.41) is 12.5. The minimum Gasteiger partial charge on any atom is -0.480 e. The lowest BCUT2D eigenvalue weighted by atomic mass is 9.84. The number of rotatable bonds is 8. The fraction of sp³-hybridized carbons (Fsp3) is 0.739. The Labute approximate surface area is 226 Å². The quantitative estimate of drug-likeness (QED) is 0.322. The molecule has 1 aromatic rings. The molecule has 13 heteroatoms. The number of carboxylic acid groups (broad SMARTS) is 1. The zero-order valence-corrected chi connectivity index (χ0v) is 25.0. The Balaban J connectivity index is 1.76. The third kappa shape index (κ3) is 7.12. The molecule has 2 aliphatic rings. The van der Waals surface area contributed by atoms with E-state index in [1.165, 1.54) is 6.26 Å². The second-order valence-electron chi connectivity index (χ2n) is 11.7. The molecular weight excluding hydrogens is 599 g/mol. The molecule has 0 aliphatic carbocycles. The van der Waals surface area contributed by atoms with Gasteiger partial charge in [-0.3, -0.25) is 9.80 Å². The number of ether oxygens (including phenoxy) is 2. The number of alkyl carbamates (subject to hydrolysis) is 1. The first-order chi connectivity index (χ1) is 16.6. The Morgan fingerprint density at radius 2 is 1.97 bits per heavy atom. The van der Waals surface area contributed by atoms with Crippen molar-refractivity contribution in [2.75, 3.05) is 26.2 Å². The van der Waals surface area contributed by atoms with Gasteiger partial charge in [0.25, 0.3) is 0 Å². The van der Waals surface area contributed by atoms with E-state index in [9.17, 15) is 19.5 Å². The van der Waals surface area contributed by atoms with Gasteiger partial charge in [-0.25, -0.2) is 19.4 Å². The van der Waals surface area contributed by atoms with Gasteiger partial charge in [0.1, 0.15) is 21.6 Å². The number of aliphatic carboxylic acids is 1. The Bertz CT molecular complexity index is 968. The largest absolute Gasteiger partial charge is 0.480 e. The SMILES string of the molecule is CC(C)(C)OC(=O)N[C@H](C(=O)O)[C@@H](c1nc(I)co1)N1CC2(CCCN2C(=O)OCC[Si](C)(C)C)C1. The molecule has 0 unspecified atom stereocenters. The highest BCUT2D eigenvalue weighted by Gasteiger charge is 2.57. The summed E-state index contributed by atoms with van der Waals surface area (Å²) in [6.45, 7) is 13.6. The summed E-state index contributed by atoms with van der Waals surface area (Å²) in [6, 6.07) is -1.35. The lowest BCUT2D eigenvalue weighted by Gasteiger charge is -2.54. The Morgan fingerprint density at radius 1 is 1.31 bits per heavy atom. The van der Waals surface area contributed by atoms with Crippen molar-refractivity contribution in [2.45, 2.75) is 82.5 Å². The first-order valence-corrected chi connectivity index (χ1v) is 16.9. The highest BCUT2D eigenvalue weighted by molar-refractivity contribution is 14.1. The van der Waals surface area contributed by atoms with Gasteiger partial charge in [-0.1, -0.05) is 19.6 Å². The van der Waals surface area contributed by atoms with E-state index in [2.05, 4.69) is 29.9 Å². The zero-order valence-electron chi connectivity index (χ0n) is 21.8. The first kappa shape index (κ1) is 28.7. The van der Waals surface area contributed by atoms with E-state index < -0.39 is 43.4 Å². The van der Waals surface area contributed by atoms with Crippen molar-refractivity contribution in [1.82, 2.24) is 20.1 Å². The summed E-state index contributed by atoms with van der Waals surface area (Å²) in [5.41, 5.74) is -1.23. The highest BCUT2D eigenvalue weighted by atomic mass is 127. The van der Waals surface area contributed by atoms with Crippen molar-refractivity contribution in [3.63, 3.8) is 0 Å². The standard InChI is InChI=1S/C23H37IN4O7Si/c1-22(2,3)35-20(31)26-16(19(29)30)17(18-25-15(24)12-34-18)27-13-23(14-27)8-7-9-28(23)21(32)33-10-11-36(4,5)6/h12,16-17H,7-11,13-14H2,1-6H3,(H,26,31)(H,29,30)/t16-,17-/m0/s1. The molecule has 2 amide bonds. The molecular formula is C23H37IN4O7Si. The molecule has 36 heavy (non-hydrogen) atoms. The van der Waals surface area contributed by atoms with Crippen LogP contribution in [0.2, 0.25) is 25.7 Å². The molecule has 3 heterocycles. The van der Waals surface area contributed by atoms with Gasteiger partial charge < -0.3 is 24.3 Å². The molecule has 0 aromatic carbocycles. The smallest absolute Gasteiger partial charge is 0.410 e. The van der Waals surface area contributed by atoms with Gasteiger partial charge in [0.05, 0.1) is 12.1 Å².